The molecule has 28 heavy (non-hydrogen) atoms. The summed E-state index contributed by atoms with van der Waals surface area (Å²) >= 11 is 7.47. The average molecular weight is 405 g/mol. The zero-order valence-electron chi connectivity index (χ0n) is 15.0. The Morgan fingerprint density at radius 3 is 2.57 bits per heavy atom. The molecule has 0 unspecified atom stereocenters. The van der Waals surface area contributed by atoms with Gasteiger partial charge in [-0.3, -0.25) is 4.79 Å². The Morgan fingerprint density at radius 1 is 1.07 bits per heavy atom. The number of thioether (sulfide) groups is 1. The Hall–Kier alpha value is -2.74. The van der Waals surface area contributed by atoms with E-state index < -0.39 is 0 Å². The molecule has 1 heterocycles. The van der Waals surface area contributed by atoms with E-state index in [9.17, 15) is 10.1 Å². The third-order valence-corrected chi connectivity index (χ3v) is 6.17. The van der Waals surface area contributed by atoms with Crippen molar-refractivity contribution in [3.8, 4) is 6.07 Å². The highest BCUT2D eigenvalue weighted by atomic mass is 35.5. The predicted octanol–water partition coefficient (Wildman–Crippen LogP) is 5.77. The molecule has 138 valence electrons. The molecule has 3 aromatic carbocycles. The van der Waals surface area contributed by atoms with Gasteiger partial charge in [-0.1, -0.05) is 66.2 Å². The third kappa shape index (κ3) is 3.91. The Kier molecular flexibility index (Phi) is 5.38. The summed E-state index contributed by atoms with van der Waals surface area (Å²) in [5.74, 6) is 0.369. The Balaban J connectivity index is 1.60. The summed E-state index contributed by atoms with van der Waals surface area (Å²) in [5.41, 5.74) is 2.68. The molecule has 5 heteroatoms. The normalized spacial score (nSPS) is 16.7. The van der Waals surface area contributed by atoms with E-state index in [1.165, 1.54) is 22.5 Å². The van der Waals surface area contributed by atoms with Crippen molar-refractivity contribution in [1.82, 2.24) is 5.32 Å². The average Bonchev–Trinajstić information content (AvgIpc) is 2.72. The van der Waals surface area contributed by atoms with Gasteiger partial charge in [0, 0.05) is 23.1 Å². The van der Waals surface area contributed by atoms with Gasteiger partial charge in [-0.25, -0.2) is 0 Å². The third-order valence-electron chi connectivity index (χ3n) is 4.83. The van der Waals surface area contributed by atoms with Gasteiger partial charge in [-0.15, -0.1) is 11.8 Å². The molecule has 3 aromatic rings. The minimum absolute atomic E-state index is 0.0695. The molecule has 1 aliphatic rings. The number of fused-ring (bicyclic) bond motifs is 1. The summed E-state index contributed by atoms with van der Waals surface area (Å²) in [6.45, 7) is 0. The van der Waals surface area contributed by atoms with Crippen LogP contribution >= 0.6 is 23.4 Å². The molecule has 0 fully saturated rings. The van der Waals surface area contributed by atoms with Crippen molar-refractivity contribution in [3.05, 3.63) is 93.5 Å². The number of amides is 1. The summed E-state index contributed by atoms with van der Waals surface area (Å²) in [5, 5.41) is 16.3. The maximum atomic E-state index is 12.3. The summed E-state index contributed by atoms with van der Waals surface area (Å²) in [4.78, 5) is 12.3. The van der Waals surface area contributed by atoms with Crippen LogP contribution in [-0.2, 0) is 10.5 Å². The first-order valence-electron chi connectivity index (χ1n) is 8.94. The van der Waals surface area contributed by atoms with Gasteiger partial charge in [0.15, 0.2) is 0 Å². The zero-order valence-corrected chi connectivity index (χ0v) is 16.6. The zero-order chi connectivity index (χ0) is 19.5. The molecular weight excluding hydrogens is 388 g/mol. The summed E-state index contributed by atoms with van der Waals surface area (Å²) < 4.78 is 0. The van der Waals surface area contributed by atoms with Crippen LogP contribution in [0.2, 0.25) is 5.02 Å². The molecule has 1 atom stereocenters. The van der Waals surface area contributed by atoms with Crippen LogP contribution in [0.1, 0.15) is 23.5 Å². The lowest BCUT2D eigenvalue weighted by molar-refractivity contribution is -0.120. The van der Waals surface area contributed by atoms with Crippen LogP contribution in [0.3, 0.4) is 0 Å². The van der Waals surface area contributed by atoms with Crippen molar-refractivity contribution in [1.29, 1.82) is 5.26 Å². The summed E-state index contributed by atoms with van der Waals surface area (Å²) in [6.07, 6.45) is 0.268. The fraction of sp³-hybridized carbons (Fsp3) is 0.130. The van der Waals surface area contributed by atoms with Crippen molar-refractivity contribution in [2.45, 2.75) is 18.1 Å². The van der Waals surface area contributed by atoms with Crippen molar-refractivity contribution < 1.29 is 4.79 Å². The molecule has 1 N–H and O–H groups in total. The van der Waals surface area contributed by atoms with E-state index >= 15 is 0 Å². The Labute approximate surface area is 173 Å². The standard InChI is InChI=1S/C23H17ClN2OS/c24-19-9-7-17(8-10-19)20-12-22(27)26-23(21(20)13-25)28-14-15-5-6-16-3-1-2-4-18(16)11-15/h1-11,20H,12,14H2,(H,26,27)/t20-/m1/s1. The number of rotatable bonds is 4. The number of halogens is 1. The number of nitrogens with zero attached hydrogens (tertiary/aromatic N) is 1. The highest BCUT2D eigenvalue weighted by molar-refractivity contribution is 8.02. The monoisotopic (exact) mass is 404 g/mol. The number of hydrogen-bond donors (Lipinski definition) is 1. The fourth-order valence-corrected chi connectivity index (χ4v) is 4.54. The van der Waals surface area contributed by atoms with Gasteiger partial charge in [0.05, 0.1) is 16.7 Å². The number of nitriles is 1. The molecule has 0 saturated carbocycles. The van der Waals surface area contributed by atoms with E-state index in [1.54, 1.807) is 12.1 Å². The SMILES string of the molecule is N#CC1=C(SCc2ccc3ccccc3c2)NC(=O)C[C@@H]1c1ccc(Cl)cc1. The van der Waals surface area contributed by atoms with Crippen molar-refractivity contribution in [2.75, 3.05) is 0 Å². The molecule has 0 spiro atoms. The molecule has 0 radical (unpaired) electrons. The fourth-order valence-electron chi connectivity index (χ4n) is 3.40. The number of carbonyl (C=O) groups excluding carboxylic acids is 1. The number of hydrogen-bond acceptors (Lipinski definition) is 3. The van der Waals surface area contributed by atoms with Gasteiger partial charge < -0.3 is 5.32 Å². The summed E-state index contributed by atoms with van der Waals surface area (Å²) in [7, 11) is 0. The van der Waals surface area contributed by atoms with Gasteiger partial charge >= 0.3 is 0 Å². The van der Waals surface area contributed by atoms with Crippen molar-refractivity contribution in [2.24, 2.45) is 0 Å². The first-order chi connectivity index (χ1) is 13.6. The molecule has 4 rings (SSSR count). The van der Waals surface area contributed by atoms with Crippen LogP contribution in [0.4, 0.5) is 0 Å². The topological polar surface area (TPSA) is 52.9 Å². The lowest BCUT2D eigenvalue weighted by atomic mass is 9.87. The van der Waals surface area contributed by atoms with Crippen LogP contribution in [0, 0.1) is 11.3 Å². The highest BCUT2D eigenvalue weighted by Gasteiger charge is 2.29. The smallest absolute Gasteiger partial charge is 0.225 e. The lowest BCUT2D eigenvalue weighted by Crippen LogP contribution is -2.30. The van der Waals surface area contributed by atoms with Gasteiger partial charge in [0.1, 0.15) is 0 Å². The van der Waals surface area contributed by atoms with Gasteiger partial charge in [0.2, 0.25) is 5.91 Å². The molecule has 0 aliphatic carbocycles. The number of allylic oxidation sites excluding steroid dienone is 1. The Morgan fingerprint density at radius 2 is 1.82 bits per heavy atom. The van der Waals surface area contributed by atoms with E-state index in [4.69, 9.17) is 11.6 Å². The minimum atomic E-state index is -0.241. The van der Waals surface area contributed by atoms with E-state index in [2.05, 4.69) is 41.7 Å². The number of nitrogens with one attached hydrogen (secondary N) is 1. The highest BCUT2D eigenvalue weighted by Crippen LogP contribution is 2.37. The van der Waals surface area contributed by atoms with E-state index in [1.807, 2.05) is 24.3 Å². The molecule has 1 aliphatic heterocycles. The molecular formula is C23H17ClN2OS. The van der Waals surface area contributed by atoms with E-state index in [0.717, 1.165) is 11.1 Å². The van der Waals surface area contributed by atoms with Crippen LogP contribution in [0.25, 0.3) is 10.8 Å². The van der Waals surface area contributed by atoms with Crippen LogP contribution < -0.4 is 5.32 Å². The summed E-state index contributed by atoms with van der Waals surface area (Å²) in [6, 6.07) is 24.2. The van der Waals surface area contributed by atoms with Crippen molar-refractivity contribution >= 4 is 40.0 Å². The van der Waals surface area contributed by atoms with Gasteiger partial charge in [0.25, 0.3) is 0 Å². The Bertz CT molecular complexity index is 1120. The first-order valence-corrected chi connectivity index (χ1v) is 10.3. The maximum absolute atomic E-state index is 12.3. The van der Waals surface area contributed by atoms with E-state index in [0.29, 0.717) is 21.4 Å². The number of benzene rings is 3. The second kappa shape index (κ2) is 8.10. The van der Waals surface area contributed by atoms with E-state index in [-0.39, 0.29) is 18.2 Å². The van der Waals surface area contributed by atoms with Crippen molar-refractivity contribution in [3.63, 3.8) is 0 Å². The molecule has 1 amide bonds. The minimum Gasteiger partial charge on any atom is -0.320 e. The maximum Gasteiger partial charge on any atom is 0.225 e. The van der Waals surface area contributed by atoms with Crippen LogP contribution in [0.15, 0.2) is 77.3 Å². The van der Waals surface area contributed by atoms with Crippen LogP contribution in [-0.4, -0.2) is 5.91 Å². The number of carbonyl (C=O) groups is 1. The predicted molar refractivity (Wildman–Crippen MR) is 115 cm³/mol. The molecule has 0 saturated heterocycles. The molecule has 0 bridgehead atoms. The van der Waals surface area contributed by atoms with Gasteiger partial charge in [-0.2, -0.15) is 5.26 Å². The largest absolute Gasteiger partial charge is 0.320 e. The quantitative estimate of drug-likeness (QED) is 0.600. The van der Waals surface area contributed by atoms with Crippen LogP contribution in [0.5, 0.6) is 0 Å². The van der Waals surface area contributed by atoms with Gasteiger partial charge in [-0.05, 0) is 34.0 Å². The lowest BCUT2D eigenvalue weighted by Gasteiger charge is -2.25. The first kappa shape index (κ1) is 18.6. The second-order valence-electron chi connectivity index (χ2n) is 6.68. The second-order valence-corrected chi connectivity index (χ2v) is 8.10. The molecule has 3 nitrogen and oxygen atoms in total. The molecule has 0 aromatic heterocycles.